The highest BCUT2D eigenvalue weighted by Crippen LogP contribution is 2.37. The lowest BCUT2D eigenvalue weighted by Gasteiger charge is -2.27. The lowest BCUT2D eigenvalue weighted by Crippen LogP contribution is -2.29. The van der Waals surface area contributed by atoms with Crippen LogP contribution in [0.15, 0.2) is 31.0 Å². The van der Waals surface area contributed by atoms with E-state index in [2.05, 4.69) is 37.5 Å². The van der Waals surface area contributed by atoms with Crippen LogP contribution in [0.4, 0.5) is 29.9 Å². The highest BCUT2D eigenvalue weighted by atomic mass is 32.1. The SMILES string of the molecule is Cc1nc(C2CCN(C)CC2)sc1Nc1ncc(C(F)(F)F)c(NCCCN2C=COC=CC2=O)n1. The number of ether oxygens (including phenoxy) is 1. The van der Waals surface area contributed by atoms with Crippen molar-refractivity contribution in [3.63, 3.8) is 0 Å². The second-order valence-corrected chi connectivity index (χ2v) is 9.69. The average molecular weight is 524 g/mol. The number of carbonyl (C=O) groups excluding carboxylic acids is 1. The van der Waals surface area contributed by atoms with Crippen LogP contribution in [0.3, 0.4) is 0 Å². The summed E-state index contributed by atoms with van der Waals surface area (Å²) in [6.45, 7) is 4.35. The van der Waals surface area contributed by atoms with Crippen molar-refractivity contribution in [1.82, 2.24) is 24.8 Å². The van der Waals surface area contributed by atoms with Gasteiger partial charge in [-0.3, -0.25) is 4.79 Å². The third kappa shape index (κ3) is 6.52. The first-order valence-electron chi connectivity index (χ1n) is 11.6. The number of anilines is 3. The monoisotopic (exact) mass is 523 g/mol. The number of amides is 1. The van der Waals surface area contributed by atoms with Crippen LogP contribution in [-0.2, 0) is 15.7 Å². The van der Waals surface area contributed by atoms with Gasteiger partial charge in [-0.25, -0.2) is 9.97 Å². The van der Waals surface area contributed by atoms with E-state index in [4.69, 9.17) is 4.74 Å². The maximum atomic E-state index is 13.6. The molecule has 1 fully saturated rings. The number of alkyl halides is 3. The van der Waals surface area contributed by atoms with Crippen LogP contribution in [0.5, 0.6) is 0 Å². The molecule has 1 amide bonds. The summed E-state index contributed by atoms with van der Waals surface area (Å²) in [7, 11) is 2.10. The first-order chi connectivity index (χ1) is 17.2. The summed E-state index contributed by atoms with van der Waals surface area (Å²) in [4.78, 5) is 28.3. The number of likely N-dealkylation sites (tertiary alicyclic amines) is 1. The van der Waals surface area contributed by atoms with Crippen LogP contribution in [0.2, 0.25) is 0 Å². The molecule has 0 aromatic carbocycles. The van der Waals surface area contributed by atoms with Crippen molar-refractivity contribution >= 4 is 34.0 Å². The smallest absolute Gasteiger partial charge is 0.421 e. The van der Waals surface area contributed by atoms with Crippen LogP contribution in [-0.4, -0.2) is 63.9 Å². The fraction of sp³-hybridized carbons (Fsp3) is 0.478. The number of carbonyl (C=O) groups is 1. The van der Waals surface area contributed by atoms with Crippen LogP contribution in [0, 0.1) is 6.92 Å². The second kappa shape index (κ2) is 11.2. The van der Waals surface area contributed by atoms with Gasteiger partial charge in [0, 0.05) is 37.5 Å². The fourth-order valence-corrected chi connectivity index (χ4v) is 5.04. The molecule has 2 aliphatic heterocycles. The van der Waals surface area contributed by atoms with E-state index in [1.165, 1.54) is 41.0 Å². The molecular formula is C23H28F3N7O2S. The van der Waals surface area contributed by atoms with Crippen LogP contribution in [0.1, 0.15) is 41.4 Å². The van der Waals surface area contributed by atoms with Gasteiger partial charge >= 0.3 is 6.18 Å². The van der Waals surface area contributed by atoms with Gasteiger partial charge in [-0.05, 0) is 46.3 Å². The molecule has 9 nitrogen and oxygen atoms in total. The Labute approximate surface area is 211 Å². The molecule has 13 heteroatoms. The Balaban J connectivity index is 1.43. The average Bonchev–Trinajstić information content (AvgIpc) is 3.06. The molecule has 0 bridgehead atoms. The van der Waals surface area contributed by atoms with Crippen LogP contribution < -0.4 is 10.6 Å². The molecule has 1 saturated heterocycles. The summed E-state index contributed by atoms with van der Waals surface area (Å²) in [5.74, 6) is -0.161. The van der Waals surface area contributed by atoms with E-state index >= 15 is 0 Å². The number of rotatable bonds is 8. The first-order valence-corrected chi connectivity index (χ1v) is 12.4. The molecule has 0 aliphatic carbocycles. The van der Waals surface area contributed by atoms with Gasteiger partial charge in [-0.2, -0.15) is 18.2 Å². The number of aryl methyl sites for hydroxylation is 1. The molecule has 4 rings (SSSR count). The van der Waals surface area contributed by atoms with Crippen molar-refractivity contribution in [1.29, 1.82) is 0 Å². The predicted octanol–water partition coefficient (Wildman–Crippen LogP) is 4.46. The third-order valence-electron chi connectivity index (χ3n) is 5.96. The van der Waals surface area contributed by atoms with E-state index in [-0.39, 0.29) is 24.2 Å². The minimum atomic E-state index is -4.62. The Morgan fingerprint density at radius 1 is 1.22 bits per heavy atom. The van der Waals surface area contributed by atoms with E-state index in [0.29, 0.717) is 18.9 Å². The Morgan fingerprint density at radius 2 is 2.00 bits per heavy atom. The lowest BCUT2D eigenvalue weighted by molar-refractivity contribution is -0.137. The van der Waals surface area contributed by atoms with Crippen molar-refractivity contribution in [2.45, 2.75) is 38.3 Å². The minimum absolute atomic E-state index is 0.0556. The lowest BCUT2D eigenvalue weighted by atomic mass is 9.98. The van der Waals surface area contributed by atoms with E-state index in [9.17, 15) is 18.0 Å². The summed E-state index contributed by atoms with van der Waals surface area (Å²) < 4.78 is 45.6. The number of nitrogens with one attached hydrogen (secondary N) is 2. The summed E-state index contributed by atoms with van der Waals surface area (Å²) in [6.07, 6.45) is 3.98. The zero-order valence-electron chi connectivity index (χ0n) is 20.0. The van der Waals surface area contributed by atoms with Gasteiger partial charge in [0.1, 0.15) is 22.6 Å². The molecule has 2 aliphatic rings. The largest absolute Gasteiger partial charge is 0.471 e. The van der Waals surface area contributed by atoms with Gasteiger partial charge in [-0.1, -0.05) is 0 Å². The molecular weight excluding hydrogens is 495 g/mol. The maximum absolute atomic E-state index is 13.6. The molecule has 0 saturated carbocycles. The summed E-state index contributed by atoms with van der Waals surface area (Å²) >= 11 is 1.49. The van der Waals surface area contributed by atoms with Crippen LogP contribution >= 0.6 is 11.3 Å². The Hall–Kier alpha value is -3.19. The van der Waals surface area contributed by atoms with Crippen molar-refractivity contribution in [2.75, 3.05) is 43.9 Å². The highest BCUT2D eigenvalue weighted by molar-refractivity contribution is 7.16. The number of aromatic nitrogens is 3. The second-order valence-electron chi connectivity index (χ2n) is 8.66. The van der Waals surface area contributed by atoms with E-state index in [0.717, 1.165) is 47.8 Å². The van der Waals surface area contributed by atoms with Crippen molar-refractivity contribution in [3.8, 4) is 0 Å². The van der Waals surface area contributed by atoms with E-state index < -0.39 is 11.7 Å². The molecule has 4 heterocycles. The van der Waals surface area contributed by atoms with Gasteiger partial charge in [0.15, 0.2) is 0 Å². The molecule has 0 spiro atoms. The minimum Gasteiger partial charge on any atom is -0.471 e. The van der Waals surface area contributed by atoms with Gasteiger partial charge in [0.2, 0.25) is 5.95 Å². The Bertz CT molecular complexity index is 1130. The number of nitrogens with zero attached hydrogens (tertiary/aromatic N) is 5. The third-order valence-corrected chi connectivity index (χ3v) is 7.20. The number of thiazole rings is 1. The highest BCUT2D eigenvalue weighted by Gasteiger charge is 2.35. The van der Waals surface area contributed by atoms with Crippen molar-refractivity contribution < 1.29 is 22.7 Å². The van der Waals surface area contributed by atoms with Crippen LogP contribution in [0.25, 0.3) is 0 Å². The van der Waals surface area contributed by atoms with Gasteiger partial charge < -0.3 is 25.2 Å². The first kappa shape index (κ1) is 25.9. The zero-order chi connectivity index (χ0) is 25.7. The Kier molecular flexibility index (Phi) is 8.09. The topological polar surface area (TPSA) is 95.5 Å². The molecule has 194 valence electrons. The molecule has 36 heavy (non-hydrogen) atoms. The van der Waals surface area contributed by atoms with E-state index in [1.54, 1.807) is 0 Å². The molecule has 0 atom stereocenters. The normalized spacial score (nSPS) is 17.2. The van der Waals surface area contributed by atoms with E-state index in [1.807, 2.05) is 6.92 Å². The van der Waals surface area contributed by atoms with Crippen molar-refractivity contribution in [3.05, 3.63) is 47.3 Å². The zero-order valence-corrected chi connectivity index (χ0v) is 20.8. The Morgan fingerprint density at radius 3 is 2.75 bits per heavy atom. The molecule has 2 N–H and O–H groups in total. The number of piperidine rings is 1. The fourth-order valence-electron chi connectivity index (χ4n) is 3.91. The quantitative estimate of drug-likeness (QED) is 0.490. The van der Waals surface area contributed by atoms with Gasteiger partial charge in [0.25, 0.3) is 5.91 Å². The predicted molar refractivity (Wildman–Crippen MR) is 131 cm³/mol. The summed E-state index contributed by atoms with van der Waals surface area (Å²) in [6, 6.07) is 0. The molecule has 2 aromatic rings. The summed E-state index contributed by atoms with van der Waals surface area (Å²) in [5, 5.41) is 7.54. The molecule has 0 radical (unpaired) electrons. The van der Waals surface area contributed by atoms with Gasteiger partial charge in [0.05, 0.1) is 17.0 Å². The summed E-state index contributed by atoms with van der Waals surface area (Å²) in [5.41, 5.74) is -0.191. The van der Waals surface area contributed by atoms with Gasteiger partial charge in [-0.15, -0.1) is 11.3 Å². The molecule has 2 aromatic heterocycles. The van der Waals surface area contributed by atoms with Crippen molar-refractivity contribution in [2.24, 2.45) is 0 Å². The molecule has 0 unspecified atom stereocenters. The maximum Gasteiger partial charge on any atom is 0.421 e. The number of hydrogen-bond acceptors (Lipinski definition) is 9. The number of hydrogen-bond donors (Lipinski definition) is 2. The standard InChI is InChI=1S/C23H28F3N7O2S/c1-15-20(36-21(29-15)16-4-9-32(2)10-5-16)31-22-28-14-17(23(24,25)26)19(30-22)27-7-3-8-33-11-13-35-12-6-18(33)34/h6,11-14,16H,3-5,7-10H2,1-2H3,(H2,27,28,30,31). The number of halogens is 3.